The van der Waals surface area contributed by atoms with Crippen molar-refractivity contribution < 1.29 is 293 Å². The summed E-state index contributed by atoms with van der Waals surface area (Å²) in [4.78, 5) is 249. The van der Waals surface area contributed by atoms with Gasteiger partial charge < -0.3 is 183 Å². The molecule has 0 aliphatic carbocycles. The van der Waals surface area contributed by atoms with Gasteiger partial charge in [0, 0.05) is 13.5 Å². The molecule has 0 radical (unpaired) electrons. The second-order valence-electron chi connectivity index (χ2n) is 19.5. The van der Waals surface area contributed by atoms with Crippen LogP contribution < -0.4 is 0 Å². The van der Waals surface area contributed by atoms with E-state index in [1.165, 1.54) is 41.7 Å². The lowest BCUT2D eigenvalue weighted by molar-refractivity contribution is -0.191. The highest BCUT2D eigenvalue weighted by Crippen LogP contribution is 2.09. The van der Waals surface area contributed by atoms with Crippen LogP contribution in [0.2, 0.25) is 0 Å². The SMILES string of the molecule is CC(=O)COC(=O)COC(=O)C(C)OC(=O)C(C)O.CC1OC(=O)C(C)OC1=O.COCOC(=O)OCOC(=O)OCOC(=O)COC(=O)COC(=O)C(C)OC(=O)C(C)O.O=C(CO)OCC(=O)OCOC(=O)OCOC(=O)OCOC(=O)COC(=O)CO.O=C(OCO)OCOC(=O)OCO.O=C1COC(=O)CO1.O=C1OCCCO1.OCO. The average molecular weight is 1780 g/mol. The third-order valence-electron chi connectivity index (χ3n) is 9.93. The van der Waals surface area contributed by atoms with E-state index in [2.05, 4.69) is 142 Å². The first-order chi connectivity index (χ1) is 57.0. The second-order valence-corrected chi connectivity index (χ2v) is 19.5. The highest BCUT2D eigenvalue weighted by Gasteiger charge is 2.32. The standard InChI is InChI=1S/C16H22O16.C13H16O16.C11H16O8.C6H8O4.C5H8O8.C4H4O4.C4H6O3.CH4O2/c1-9(17)13(20)32-10(2)14(21)26-5-11(18)25-4-12(19)27-7-29-16(23)31-8-30-15(22)28-6-24-3;14-1-8(16)22-3-10(18)24-5-26-12(20)28-7-29-13(21)27-6-25-11(19)4-23-9(17)2-15;1-6(12)4-17-9(14)5-18-11(16)8(3)19-10(15)7(2)13;1-3-5(7)10-4(2)6(8)9-3;6-1-10-4(8)12-3-13-5(9)11-2-7;5-3-1-7-4(6)2-8-3;5-4-6-2-1-3-7-4;2-1-3/h9-10,17H,4-8H2,1-3H3;14-15H,1-7H2;7-8,13H,4-5H2,1-3H3;3-4H,1-2H3;6-7H,1-3H2;1-2H2;1-3H2;2-3H,1H2. The number of carbonyl (C=O) groups excluding carboxylic acids is 23. The molecule has 0 spiro atoms. The summed E-state index contributed by atoms with van der Waals surface area (Å²) in [7, 11) is 1.26. The smallest absolute Gasteiger partial charge is 0.455 e. The van der Waals surface area contributed by atoms with Gasteiger partial charge in [-0.15, -0.1) is 0 Å². The zero-order chi connectivity index (χ0) is 93.2. The van der Waals surface area contributed by atoms with E-state index in [4.69, 9.17) is 40.9 Å². The van der Waals surface area contributed by atoms with Gasteiger partial charge in [0.15, 0.2) is 96.8 Å². The van der Waals surface area contributed by atoms with E-state index < -0.39 is 283 Å². The molecule has 0 aromatic heterocycles. The van der Waals surface area contributed by atoms with Gasteiger partial charge in [0.1, 0.15) is 38.8 Å². The first-order valence-electron chi connectivity index (χ1n) is 32.1. The number of hydrogen-bond acceptors (Lipinski definition) is 61. The number of esters is 15. The van der Waals surface area contributed by atoms with Crippen LogP contribution >= 0.6 is 0 Å². The average Bonchev–Trinajstić information content (AvgIpc) is 0.870. The summed E-state index contributed by atoms with van der Waals surface area (Å²) in [6.45, 7) is -5.03. The first kappa shape index (κ1) is 116. The van der Waals surface area contributed by atoms with E-state index in [1.807, 2.05) is 0 Å². The van der Waals surface area contributed by atoms with E-state index >= 15 is 0 Å². The predicted molar refractivity (Wildman–Crippen MR) is 348 cm³/mol. The molecule has 0 aromatic carbocycles. The van der Waals surface area contributed by atoms with E-state index in [9.17, 15) is 110 Å². The molecule has 3 rings (SSSR count). The third kappa shape index (κ3) is 74.8. The summed E-state index contributed by atoms with van der Waals surface area (Å²) in [5.74, 6) is -13.8. The number of cyclic esters (lactones) is 6. The Kier molecular flexibility index (Phi) is 70.7. The van der Waals surface area contributed by atoms with Gasteiger partial charge in [0.2, 0.25) is 40.8 Å². The van der Waals surface area contributed by atoms with Crippen molar-refractivity contribution in [3.8, 4) is 0 Å². The van der Waals surface area contributed by atoms with Crippen molar-refractivity contribution in [3.63, 3.8) is 0 Å². The van der Waals surface area contributed by atoms with Gasteiger partial charge in [-0.25, -0.2) is 105 Å². The molecule has 3 aliphatic rings. The minimum atomic E-state index is -1.45. The monoisotopic (exact) mass is 1780 g/mol. The van der Waals surface area contributed by atoms with Gasteiger partial charge in [-0.05, 0) is 48.5 Å². The van der Waals surface area contributed by atoms with Crippen LogP contribution in [0.3, 0.4) is 0 Å². The van der Waals surface area contributed by atoms with Crippen LogP contribution in [0.4, 0.5) is 33.6 Å². The summed E-state index contributed by atoms with van der Waals surface area (Å²) in [5.41, 5.74) is 0. The molecule has 121 heavy (non-hydrogen) atoms. The predicted octanol–water partition coefficient (Wildman–Crippen LogP) is -7.38. The van der Waals surface area contributed by atoms with Gasteiger partial charge in [-0.2, -0.15) is 0 Å². The zero-order valence-electron chi connectivity index (χ0n) is 64.4. The van der Waals surface area contributed by atoms with E-state index in [0.717, 1.165) is 20.3 Å². The number of aliphatic hydroxyl groups is 8. The molecule has 690 valence electrons. The van der Waals surface area contributed by atoms with Gasteiger partial charge in [0.25, 0.3) is 0 Å². The van der Waals surface area contributed by atoms with Gasteiger partial charge in [-0.1, -0.05) is 0 Å². The maximum atomic E-state index is 11.5. The molecular formula is C60H84O61. The van der Waals surface area contributed by atoms with Crippen LogP contribution in [0.1, 0.15) is 54.9 Å². The molecule has 3 aliphatic heterocycles. The van der Waals surface area contributed by atoms with E-state index in [0.29, 0.717) is 13.2 Å². The van der Waals surface area contributed by atoms with Crippen LogP contribution in [0.25, 0.3) is 0 Å². The summed E-state index contributed by atoms with van der Waals surface area (Å²) in [6, 6.07) is 0. The fraction of sp³-hybridized carbons (Fsp3) is 0.617. The maximum absolute atomic E-state index is 11.5. The van der Waals surface area contributed by atoms with Crippen molar-refractivity contribution in [3.05, 3.63) is 0 Å². The van der Waals surface area contributed by atoms with Crippen LogP contribution in [-0.4, -0.2) is 370 Å². The van der Waals surface area contributed by atoms with Crippen LogP contribution in [0.5, 0.6) is 0 Å². The molecule has 8 N–H and O–H groups in total. The number of aliphatic hydroxyl groups excluding tert-OH is 7. The van der Waals surface area contributed by atoms with Crippen molar-refractivity contribution in [2.24, 2.45) is 0 Å². The number of hydrogen-bond donors (Lipinski definition) is 8. The molecular weight excluding hydrogens is 1700 g/mol. The molecule has 3 saturated heterocycles. The lowest BCUT2D eigenvalue weighted by Gasteiger charge is -2.22. The Labute approximate surface area is 676 Å². The normalized spacial score (nSPS) is 13.7. The topological polar surface area (TPSA) is 831 Å². The molecule has 0 aromatic rings. The largest absolute Gasteiger partial charge is 0.514 e. The summed E-state index contributed by atoms with van der Waals surface area (Å²) in [5, 5.41) is 64.8. The fourth-order valence-corrected chi connectivity index (χ4v) is 4.72. The van der Waals surface area contributed by atoms with Crippen LogP contribution in [0.15, 0.2) is 0 Å². The molecule has 61 nitrogen and oxygen atoms in total. The Balaban J connectivity index is -0.000000456. The van der Waals surface area contributed by atoms with Gasteiger partial charge >= 0.3 is 133 Å². The van der Waals surface area contributed by atoms with E-state index in [1.54, 1.807) is 0 Å². The highest BCUT2D eigenvalue weighted by molar-refractivity contribution is 5.88. The summed E-state index contributed by atoms with van der Waals surface area (Å²) < 4.78 is 129. The van der Waals surface area contributed by atoms with Crippen molar-refractivity contribution in [1.82, 2.24) is 0 Å². The second kappa shape index (κ2) is 73.8. The van der Waals surface area contributed by atoms with Gasteiger partial charge in [-0.3, -0.25) is 4.79 Å². The first-order valence-corrected chi connectivity index (χ1v) is 32.1. The number of rotatable bonds is 36. The third-order valence-corrected chi connectivity index (χ3v) is 9.93. The zero-order valence-corrected chi connectivity index (χ0v) is 64.4. The van der Waals surface area contributed by atoms with Crippen molar-refractivity contribution in [2.75, 3.05) is 154 Å². The minimum absolute atomic E-state index is 0.237. The molecule has 6 unspecified atom stereocenters. The Morgan fingerprint density at radius 3 is 0.851 bits per heavy atom. The Bertz CT molecular complexity index is 3120. The maximum Gasteiger partial charge on any atom is 0.514 e. The Hall–Kier alpha value is -13.7. The lowest BCUT2D eigenvalue weighted by atomic mass is 10.3. The fourth-order valence-electron chi connectivity index (χ4n) is 4.72. The highest BCUT2D eigenvalue weighted by atomic mass is 16.9. The quantitative estimate of drug-likeness (QED) is 0.0164. The van der Waals surface area contributed by atoms with Crippen LogP contribution in [0, 0.1) is 0 Å². The number of methoxy groups -OCH3 is 1. The molecule has 3 heterocycles. The molecule has 3 fully saturated rings. The van der Waals surface area contributed by atoms with Gasteiger partial charge in [0.05, 0.1) is 13.2 Å². The van der Waals surface area contributed by atoms with Crippen LogP contribution in [-0.2, 0) is 219 Å². The minimum Gasteiger partial charge on any atom is -0.455 e. The molecule has 61 heteroatoms. The van der Waals surface area contributed by atoms with Crippen molar-refractivity contribution in [2.45, 2.75) is 91.5 Å². The Morgan fingerprint density at radius 1 is 0.347 bits per heavy atom. The number of Topliss-reactive ketones (excluding diaryl/α,β-unsaturated/α-hetero) is 1. The molecule has 0 bridgehead atoms. The van der Waals surface area contributed by atoms with Crippen molar-refractivity contribution >= 4 is 138 Å². The van der Waals surface area contributed by atoms with E-state index in [-0.39, 0.29) is 25.8 Å². The number of carbonyl (C=O) groups is 23. The number of ether oxygens (including phenoxy) is 30. The lowest BCUT2D eigenvalue weighted by Crippen LogP contribution is -2.40. The Morgan fingerprint density at radius 2 is 0.603 bits per heavy atom. The summed E-state index contributed by atoms with van der Waals surface area (Å²) in [6.07, 6.45) is -14.4. The molecule has 0 amide bonds. The summed E-state index contributed by atoms with van der Waals surface area (Å²) >= 11 is 0. The number of ketones is 1. The van der Waals surface area contributed by atoms with Crippen molar-refractivity contribution in [1.29, 1.82) is 0 Å². The molecule has 6 atom stereocenters. The molecule has 0 saturated carbocycles.